The summed E-state index contributed by atoms with van der Waals surface area (Å²) in [5.74, 6) is 1.38. The lowest BCUT2D eigenvalue weighted by Crippen LogP contribution is -2.36. The van der Waals surface area contributed by atoms with E-state index in [0.29, 0.717) is 11.8 Å². The topological polar surface area (TPSA) is 18.5 Å². The van der Waals surface area contributed by atoms with Crippen molar-refractivity contribution in [1.82, 2.24) is 0 Å². The smallest absolute Gasteiger partial charge is 0.0544 e. The largest absolute Gasteiger partial charge is 0.381 e. The summed E-state index contributed by atoms with van der Waals surface area (Å²) in [7, 11) is 0. The average Bonchev–Trinajstić information content (AvgIpc) is 2.27. The van der Waals surface area contributed by atoms with Crippen molar-refractivity contribution in [3.05, 3.63) is 0 Å². The van der Waals surface area contributed by atoms with E-state index in [1.807, 2.05) is 0 Å². The molecule has 2 heteroatoms. The molecule has 0 N–H and O–H groups in total. The number of rotatable bonds is 12. The molecule has 0 radical (unpaired) electrons. The van der Waals surface area contributed by atoms with Crippen molar-refractivity contribution in [3.8, 4) is 0 Å². The van der Waals surface area contributed by atoms with Gasteiger partial charge in [0.25, 0.3) is 0 Å². The van der Waals surface area contributed by atoms with E-state index in [1.54, 1.807) is 0 Å². The lowest BCUT2D eigenvalue weighted by atomic mass is 9.75. The highest BCUT2D eigenvalue weighted by atomic mass is 16.5. The van der Waals surface area contributed by atoms with Gasteiger partial charge in [0.05, 0.1) is 13.2 Å². The predicted octanol–water partition coefficient (Wildman–Crippen LogP) is 4.92. The Kier molecular flexibility index (Phi) is 10.6. The first-order valence-electron chi connectivity index (χ1n) is 8.11. The molecule has 2 nitrogen and oxygen atoms in total. The van der Waals surface area contributed by atoms with Crippen molar-refractivity contribution < 1.29 is 9.47 Å². The van der Waals surface area contributed by atoms with Gasteiger partial charge in [-0.2, -0.15) is 0 Å². The summed E-state index contributed by atoms with van der Waals surface area (Å²) < 4.78 is 11.8. The Hall–Kier alpha value is -0.0800. The quantitative estimate of drug-likeness (QED) is 0.470. The van der Waals surface area contributed by atoms with Crippen LogP contribution in [-0.2, 0) is 9.47 Å². The van der Waals surface area contributed by atoms with Crippen LogP contribution in [0.3, 0.4) is 0 Å². The van der Waals surface area contributed by atoms with Gasteiger partial charge >= 0.3 is 0 Å². The molecule has 0 unspecified atom stereocenters. The van der Waals surface area contributed by atoms with Crippen LogP contribution in [0.2, 0.25) is 0 Å². The third-order valence-electron chi connectivity index (χ3n) is 3.20. The van der Waals surface area contributed by atoms with Gasteiger partial charge in [-0.25, -0.2) is 0 Å². The first-order chi connectivity index (χ1) is 8.95. The van der Waals surface area contributed by atoms with Crippen LogP contribution in [-0.4, -0.2) is 26.4 Å². The molecule has 0 atom stereocenters. The van der Waals surface area contributed by atoms with Crippen molar-refractivity contribution in [2.45, 2.75) is 67.2 Å². The summed E-state index contributed by atoms with van der Waals surface area (Å²) >= 11 is 0. The van der Waals surface area contributed by atoms with Gasteiger partial charge < -0.3 is 9.47 Å². The van der Waals surface area contributed by atoms with Crippen LogP contribution in [0.15, 0.2) is 0 Å². The zero-order valence-electron chi connectivity index (χ0n) is 14.1. The maximum Gasteiger partial charge on any atom is 0.0544 e. The van der Waals surface area contributed by atoms with Crippen molar-refractivity contribution in [1.29, 1.82) is 0 Å². The second kappa shape index (κ2) is 10.7. The van der Waals surface area contributed by atoms with Gasteiger partial charge in [-0.05, 0) is 37.5 Å². The summed E-state index contributed by atoms with van der Waals surface area (Å²) in [5.41, 5.74) is 0.201. The molecular weight excluding hydrogens is 236 g/mol. The van der Waals surface area contributed by atoms with Crippen molar-refractivity contribution >= 4 is 0 Å². The molecule has 0 aromatic rings. The van der Waals surface area contributed by atoms with Crippen LogP contribution in [0.5, 0.6) is 0 Å². The van der Waals surface area contributed by atoms with E-state index >= 15 is 0 Å². The fourth-order valence-electron chi connectivity index (χ4n) is 2.96. The third-order valence-corrected chi connectivity index (χ3v) is 3.20. The second-order valence-electron chi connectivity index (χ2n) is 6.80. The van der Waals surface area contributed by atoms with Gasteiger partial charge in [0, 0.05) is 18.6 Å². The summed E-state index contributed by atoms with van der Waals surface area (Å²) in [6.45, 7) is 17.0. The summed E-state index contributed by atoms with van der Waals surface area (Å²) in [4.78, 5) is 0. The molecular formula is C17H36O2. The highest BCUT2D eigenvalue weighted by Crippen LogP contribution is 2.34. The highest BCUT2D eigenvalue weighted by Gasteiger charge is 2.32. The van der Waals surface area contributed by atoms with Gasteiger partial charge in [0.1, 0.15) is 0 Å². The Morgan fingerprint density at radius 3 is 1.37 bits per heavy atom. The molecule has 116 valence electrons. The Morgan fingerprint density at radius 1 is 0.737 bits per heavy atom. The van der Waals surface area contributed by atoms with Crippen molar-refractivity contribution in [2.75, 3.05) is 26.4 Å². The normalized spacial score (nSPS) is 12.6. The van der Waals surface area contributed by atoms with Gasteiger partial charge in [-0.15, -0.1) is 0 Å². The summed E-state index contributed by atoms with van der Waals surface area (Å²) in [5, 5.41) is 0. The summed E-state index contributed by atoms with van der Waals surface area (Å²) in [6.07, 6.45) is 4.57. The molecule has 0 heterocycles. The minimum atomic E-state index is 0.201. The average molecular weight is 272 g/mol. The zero-order valence-corrected chi connectivity index (χ0v) is 14.1. The number of hydrogen-bond donors (Lipinski definition) is 0. The SMILES string of the molecule is CCCOCC(COCCC)(CC(C)C)CC(C)C. The van der Waals surface area contributed by atoms with Crippen molar-refractivity contribution in [3.63, 3.8) is 0 Å². The van der Waals surface area contributed by atoms with E-state index in [4.69, 9.17) is 9.47 Å². The molecule has 0 amide bonds. The maximum absolute atomic E-state index is 5.90. The van der Waals surface area contributed by atoms with Crippen LogP contribution >= 0.6 is 0 Å². The lowest BCUT2D eigenvalue weighted by Gasteiger charge is -2.36. The molecule has 0 aromatic heterocycles. The minimum Gasteiger partial charge on any atom is -0.381 e. The molecule has 0 aliphatic heterocycles. The highest BCUT2D eigenvalue weighted by molar-refractivity contribution is 4.82. The van der Waals surface area contributed by atoms with Gasteiger partial charge in [-0.3, -0.25) is 0 Å². The zero-order chi connectivity index (χ0) is 14.7. The standard InChI is InChI=1S/C17H36O2/c1-7-9-18-13-17(11-15(3)4,12-16(5)6)14-19-10-8-2/h15-16H,7-14H2,1-6H3. The van der Waals surface area contributed by atoms with Gasteiger partial charge in [0.2, 0.25) is 0 Å². The molecule has 19 heavy (non-hydrogen) atoms. The van der Waals surface area contributed by atoms with Crippen molar-refractivity contribution in [2.24, 2.45) is 17.3 Å². The lowest BCUT2D eigenvalue weighted by molar-refractivity contribution is -0.0441. The molecule has 0 aliphatic carbocycles. The van der Waals surface area contributed by atoms with E-state index in [-0.39, 0.29) is 5.41 Å². The summed E-state index contributed by atoms with van der Waals surface area (Å²) in [6, 6.07) is 0. The van der Waals surface area contributed by atoms with E-state index < -0.39 is 0 Å². The van der Waals surface area contributed by atoms with E-state index in [1.165, 1.54) is 12.8 Å². The number of ether oxygens (including phenoxy) is 2. The Morgan fingerprint density at radius 2 is 1.11 bits per heavy atom. The van der Waals surface area contributed by atoms with E-state index in [9.17, 15) is 0 Å². The first-order valence-corrected chi connectivity index (χ1v) is 8.11. The van der Waals surface area contributed by atoms with Crippen LogP contribution in [0, 0.1) is 17.3 Å². The minimum absolute atomic E-state index is 0.201. The molecule has 0 aliphatic rings. The van der Waals surface area contributed by atoms with Crippen LogP contribution in [0.1, 0.15) is 67.2 Å². The van der Waals surface area contributed by atoms with Gasteiger partial charge in [-0.1, -0.05) is 41.5 Å². The van der Waals surface area contributed by atoms with Crippen LogP contribution in [0.25, 0.3) is 0 Å². The van der Waals surface area contributed by atoms with Crippen LogP contribution in [0.4, 0.5) is 0 Å². The fourth-order valence-corrected chi connectivity index (χ4v) is 2.96. The second-order valence-corrected chi connectivity index (χ2v) is 6.80. The molecule has 0 bridgehead atoms. The monoisotopic (exact) mass is 272 g/mol. The van der Waals surface area contributed by atoms with E-state index in [0.717, 1.165) is 39.3 Å². The predicted molar refractivity (Wildman–Crippen MR) is 83.6 cm³/mol. The molecule has 0 saturated heterocycles. The van der Waals surface area contributed by atoms with E-state index in [2.05, 4.69) is 41.5 Å². The molecule has 0 fully saturated rings. The Balaban J connectivity index is 4.63. The Labute approximate surface area is 121 Å². The van der Waals surface area contributed by atoms with Gasteiger partial charge in [0.15, 0.2) is 0 Å². The molecule has 0 rings (SSSR count). The molecule has 0 spiro atoms. The molecule has 0 saturated carbocycles. The maximum atomic E-state index is 5.90. The third kappa shape index (κ3) is 9.45. The number of hydrogen-bond acceptors (Lipinski definition) is 2. The Bertz CT molecular complexity index is 177. The fraction of sp³-hybridized carbons (Fsp3) is 1.00. The molecule has 0 aromatic carbocycles. The first kappa shape index (κ1) is 18.9. The van der Waals surface area contributed by atoms with Crippen LogP contribution < -0.4 is 0 Å².